The van der Waals surface area contributed by atoms with E-state index < -0.39 is 6.10 Å². The van der Waals surface area contributed by atoms with E-state index in [2.05, 4.69) is 49.2 Å². The normalized spacial score (nSPS) is 20.1. The van der Waals surface area contributed by atoms with Gasteiger partial charge in [0.15, 0.2) is 0 Å². The average Bonchev–Trinajstić information content (AvgIpc) is 3.29. The quantitative estimate of drug-likeness (QED) is 0.744. The highest BCUT2D eigenvalue weighted by atomic mass is 16.5. The summed E-state index contributed by atoms with van der Waals surface area (Å²) in [5.41, 5.74) is 3.17. The van der Waals surface area contributed by atoms with E-state index in [1.807, 2.05) is 26.2 Å². The molecule has 3 heterocycles. The molecule has 7 heteroatoms. The van der Waals surface area contributed by atoms with Gasteiger partial charge in [-0.2, -0.15) is 4.98 Å². The Hall–Kier alpha value is -2.77. The van der Waals surface area contributed by atoms with E-state index in [9.17, 15) is 5.11 Å². The summed E-state index contributed by atoms with van der Waals surface area (Å²) in [5, 5.41) is 14.3. The van der Waals surface area contributed by atoms with Crippen molar-refractivity contribution in [3.05, 3.63) is 60.2 Å². The lowest BCUT2D eigenvalue weighted by Gasteiger charge is -2.21. The van der Waals surface area contributed by atoms with Crippen LogP contribution in [-0.2, 0) is 6.54 Å². The summed E-state index contributed by atoms with van der Waals surface area (Å²) in [6.07, 6.45) is 3.61. The van der Waals surface area contributed by atoms with Crippen LogP contribution in [0.3, 0.4) is 0 Å². The Labute approximate surface area is 158 Å². The Kier molecular flexibility index (Phi) is 4.87. The Morgan fingerprint density at radius 1 is 1.22 bits per heavy atom. The zero-order valence-corrected chi connectivity index (χ0v) is 15.5. The number of rotatable bonds is 5. The molecule has 3 aromatic rings. The highest BCUT2D eigenvalue weighted by Crippen LogP contribution is 2.33. The van der Waals surface area contributed by atoms with Crippen molar-refractivity contribution in [3.8, 4) is 11.4 Å². The maximum atomic E-state index is 10.2. The molecule has 0 spiro atoms. The van der Waals surface area contributed by atoms with Gasteiger partial charge in [0.1, 0.15) is 0 Å². The van der Waals surface area contributed by atoms with Gasteiger partial charge in [-0.05, 0) is 36.2 Å². The molecular formula is C20H23N5O2. The summed E-state index contributed by atoms with van der Waals surface area (Å²) in [5.74, 6) is 1.06. The van der Waals surface area contributed by atoms with Crippen LogP contribution >= 0.6 is 0 Å². The molecule has 1 fully saturated rings. The monoisotopic (exact) mass is 365 g/mol. The maximum Gasteiger partial charge on any atom is 0.244 e. The highest BCUT2D eigenvalue weighted by molar-refractivity contribution is 5.52. The van der Waals surface area contributed by atoms with Crippen molar-refractivity contribution in [1.29, 1.82) is 0 Å². The number of hydrogen-bond donors (Lipinski definition) is 1. The van der Waals surface area contributed by atoms with Crippen LogP contribution in [0.25, 0.3) is 11.4 Å². The first-order chi connectivity index (χ1) is 13.1. The standard InChI is InChI=1S/C20H23N5O2/c1-24(2)16-7-5-14(6-8-16)12-25-13-17(26)10-18(25)20-22-19(23-27-20)15-4-3-9-21-11-15/h3-9,11,17-18,26H,10,12-13H2,1-2H3. The van der Waals surface area contributed by atoms with Crippen LogP contribution in [-0.4, -0.2) is 51.9 Å². The number of aromatic nitrogens is 3. The van der Waals surface area contributed by atoms with Crippen LogP contribution in [0.2, 0.25) is 0 Å². The number of likely N-dealkylation sites (tertiary alicyclic amines) is 1. The van der Waals surface area contributed by atoms with Crippen molar-refractivity contribution in [2.24, 2.45) is 0 Å². The molecule has 0 amide bonds. The molecule has 2 unspecified atom stereocenters. The predicted octanol–water partition coefficient (Wildman–Crippen LogP) is 2.51. The predicted molar refractivity (Wildman–Crippen MR) is 102 cm³/mol. The van der Waals surface area contributed by atoms with Crippen LogP contribution in [0.5, 0.6) is 0 Å². The molecule has 140 valence electrons. The van der Waals surface area contributed by atoms with Gasteiger partial charge in [0, 0.05) is 50.8 Å². The Morgan fingerprint density at radius 2 is 2.04 bits per heavy atom. The summed E-state index contributed by atoms with van der Waals surface area (Å²) >= 11 is 0. The fourth-order valence-electron chi connectivity index (χ4n) is 3.43. The number of anilines is 1. The topological polar surface area (TPSA) is 78.5 Å². The van der Waals surface area contributed by atoms with E-state index in [-0.39, 0.29) is 6.04 Å². The molecule has 1 aliphatic heterocycles. The summed E-state index contributed by atoms with van der Waals surface area (Å²) in [4.78, 5) is 12.9. The molecule has 4 rings (SSSR count). The van der Waals surface area contributed by atoms with Gasteiger partial charge in [-0.15, -0.1) is 0 Å². The van der Waals surface area contributed by atoms with Crippen molar-refractivity contribution < 1.29 is 9.63 Å². The van der Waals surface area contributed by atoms with E-state index in [1.54, 1.807) is 12.4 Å². The van der Waals surface area contributed by atoms with Gasteiger partial charge in [0.05, 0.1) is 12.1 Å². The molecule has 7 nitrogen and oxygen atoms in total. The second-order valence-corrected chi connectivity index (χ2v) is 7.09. The fourth-order valence-corrected chi connectivity index (χ4v) is 3.43. The van der Waals surface area contributed by atoms with Gasteiger partial charge in [0.25, 0.3) is 0 Å². The van der Waals surface area contributed by atoms with E-state index in [0.717, 1.165) is 17.8 Å². The van der Waals surface area contributed by atoms with E-state index in [0.29, 0.717) is 24.7 Å². The number of pyridine rings is 1. The van der Waals surface area contributed by atoms with Gasteiger partial charge < -0.3 is 14.5 Å². The number of nitrogens with zero attached hydrogens (tertiary/aromatic N) is 5. The van der Waals surface area contributed by atoms with Crippen LogP contribution in [0.15, 0.2) is 53.3 Å². The second kappa shape index (κ2) is 7.46. The molecule has 0 aliphatic carbocycles. The number of aliphatic hydroxyl groups is 1. The molecule has 0 bridgehead atoms. The third kappa shape index (κ3) is 3.84. The van der Waals surface area contributed by atoms with Crippen LogP contribution in [0, 0.1) is 0 Å². The smallest absolute Gasteiger partial charge is 0.244 e. The van der Waals surface area contributed by atoms with Gasteiger partial charge in [-0.25, -0.2) is 0 Å². The molecule has 1 N–H and O–H groups in total. The van der Waals surface area contributed by atoms with Gasteiger partial charge in [-0.1, -0.05) is 17.3 Å². The zero-order chi connectivity index (χ0) is 18.8. The lowest BCUT2D eigenvalue weighted by atomic mass is 10.1. The van der Waals surface area contributed by atoms with Gasteiger partial charge >= 0.3 is 0 Å². The Morgan fingerprint density at radius 3 is 2.74 bits per heavy atom. The largest absolute Gasteiger partial charge is 0.392 e. The molecule has 27 heavy (non-hydrogen) atoms. The minimum atomic E-state index is -0.398. The molecule has 0 saturated carbocycles. The molecule has 1 aromatic carbocycles. The summed E-state index contributed by atoms with van der Waals surface area (Å²) in [6.45, 7) is 1.31. The van der Waals surface area contributed by atoms with Crippen LogP contribution < -0.4 is 4.90 Å². The number of hydrogen-bond acceptors (Lipinski definition) is 7. The third-order valence-corrected chi connectivity index (χ3v) is 4.87. The first-order valence-corrected chi connectivity index (χ1v) is 9.02. The number of benzene rings is 1. The molecule has 1 saturated heterocycles. The second-order valence-electron chi connectivity index (χ2n) is 7.09. The first-order valence-electron chi connectivity index (χ1n) is 9.02. The van der Waals surface area contributed by atoms with E-state index in [1.165, 1.54) is 5.56 Å². The molecule has 2 atom stereocenters. The Bertz CT molecular complexity index is 879. The Balaban J connectivity index is 1.52. The van der Waals surface area contributed by atoms with Crippen LogP contribution in [0.1, 0.15) is 23.9 Å². The molecule has 2 aromatic heterocycles. The molecular weight excluding hydrogens is 342 g/mol. The van der Waals surface area contributed by atoms with E-state index >= 15 is 0 Å². The van der Waals surface area contributed by atoms with Crippen molar-refractivity contribution in [2.75, 3.05) is 25.5 Å². The summed E-state index contributed by atoms with van der Waals surface area (Å²) < 4.78 is 5.52. The fraction of sp³-hybridized carbons (Fsp3) is 0.350. The number of β-amino-alcohol motifs (C(OH)–C–C–N with tert-alkyl or cyclic N) is 1. The SMILES string of the molecule is CN(C)c1ccc(CN2CC(O)CC2c2nc(-c3cccnc3)no2)cc1. The highest BCUT2D eigenvalue weighted by Gasteiger charge is 2.35. The van der Waals surface area contributed by atoms with Crippen molar-refractivity contribution in [2.45, 2.75) is 25.1 Å². The summed E-state index contributed by atoms with van der Waals surface area (Å²) in [6, 6.07) is 12.1. The first kappa shape index (κ1) is 17.6. The molecule has 1 aliphatic rings. The minimum Gasteiger partial charge on any atom is -0.392 e. The minimum absolute atomic E-state index is 0.0913. The van der Waals surface area contributed by atoms with E-state index in [4.69, 9.17) is 4.52 Å². The number of aliphatic hydroxyl groups excluding tert-OH is 1. The summed E-state index contributed by atoms with van der Waals surface area (Å²) in [7, 11) is 4.05. The van der Waals surface area contributed by atoms with Crippen molar-refractivity contribution in [1.82, 2.24) is 20.0 Å². The average molecular weight is 365 g/mol. The lowest BCUT2D eigenvalue weighted by Crippen LogP contribution is -2.24. The third-order valence-electron chi connectivity index (χ3n) is 4.87. The van der Waals surface area contributed by atoms with Crippen molar-refractivity contribution >= 4 is 5.69 Å². The van der Waals surface area contributed by atoms with Crippen molar-refractivity contribution in [3.63, 3.8) is 0 Å². The van der Waals surface area contributed by atoms with Crippen LogP contribution in [0.4, 0.5) is 5.69 Å². The zero-order valence-electron chi connectivity index (χ0n) is 15.5. The van der Waals surface area contributed by atoms with Gasteiger partial charge in [0.2, 0.25) is 11.7 Å². The lowest BCUT2D eigenvalue weighted by molar-refractivity contribution is 0.169. The maximum absolute atomic E-state index is 10.2. The molecule has 0 radical (unpaired) electrons. The van der Waals surface area contributed by atoms with Gasteiger partial charge in [-0.3, -0.25) is 9.88 Å².